The second-order valence-electron chi connectivity index (χ2n) is 19.9. The number of hydrogen-bond donors (Lipinski definition) is 0. The molecule has 80 heavy (non-hydrogen) atoms. The summed E-state index contributed by atoms with van der Waals surface area (Å²) in [4.78, 5) is 131. The Bertz CT molecular complexity index is 1460. The van der Waals surface area contributed by atoms with Gasteiger partial charge in [0.15, 0.2) is 0 Å². The van der Waals surface area contributed by atoms with E-state index in [1.165, 1.54) is 0 Å². The molecule has 0 fully saturated rings. The smallest absolute Gasteiger partial charge is 0.550 e. The normalized spacial score (nSPS) is 11.0. The molecule has 456 valence electrons. The minimum Gasteiger partial charge on any atom is -0.550 e. The molecule has 0 saturated carbocycles. The van der Waals surface area contributed by atoms with E-state index in [4.69, 9.17) is 0 Å². The number of ketones is 6. The van der Waals surface area contributed by atoms with E-state index in [0.717, 1.165) is 0 Å². The number of rotatable bonds is 36. The molecule has 0 aromatic carbocycles. The van der Waals surface area contributed by atoms with Gasteiger partial charge in [0.05, 0.1) is 0 Å². The third-order valence-corrected chi connectivity index (χ3v) is 17.6. The average Bonchev–Trinajstić information content (AvgIpc) is 3.38. The summed E-state index contributed by atoms with van der Waals surface area (Å²) in [6.45, 7) is 34.5. The zero-order chi connectivity index (χ0) is 62.9. The molecule has 0 spiro atoms. The molecule has 0 atom stereocenters. The van der Waals surface area contributed by atoms with Crippen LogP contribution >= 0.6 is 0 Å². The van der Waals surface area contributed by atoms with Crippen LogP contribution in [-0.4, -0.2) is 105 Å². The van der Waals surface area contributed by atoms with Gasteiger partial charge < -0.3 is 59.4 Å². The largest absolute Gasteiger partial charge is 3.00 e. The predicted octanol–water partition coefficient (Wildman–Crippen LogP) is 4.71. The minimum atomic E-state index is -1.27. The number of carbonyl (C=O) groups excluding carboxylic acids is 12. The fourth-order valence-electron chi connectivity index (χ4n) is 9.96. The van der Waals surface area contributed by atoms with E-state index in [1.807, 2.05) is 125 Å². The Morgan fingerprint density at radius 1 is 0.188 bits per heavy atom. The van der Waals surface area contributed by atoms with Crippen molar-refractivity contribution in [3.05, 3.63) is 0 Å². The van der Waals surface area contributed by atoms with E-state index < -0.39 is 107 Å². The molecule has 0 amide bonds. The second-order valence-corrected chi connectivity index (χ2v) is 19.9. The van der Waals surface area contributed by atoms with E-state index >= 15 is 0 Å². The molecular weight excluding hydrogens is 1060 g/mol. The first-order chi connectivity index (χ1) is 36.1. The van der Waals surface area contributed by atoms with E-state index in [1.54, 1.807) is 0 Å². The van der Waals surface area contributed by atoms with E-state index in [-0.39, 0.29) is 69.4 Å². The minimum absolute atomic E-state index is 0. The second kappa shape index (κ2) is 48.4. The molecule has 0 radical (unpaired) electrons. The van der Waals surface area contributed by atoms with Crippen LogP contribution in [0, 0.1) is 32.5 Å². The topological polar surface area (TPSA) is 343 Å². The van der Waals surface area contributed by atoms with Crippen LogP contribution in [0.3, 0.4) is 0 Å². The average molecular weight is 1170 g/mol. The Kier molecular flexibility index (Phi) is 55.9. The first-order valence-electron chi connectivity index (χ1n) is 28.5. The molecular formula is C60H102Al2O18. The summed E-state index contributed by atoms with van der Waals surface area (Å²) >= 11 is 0. The molecule has 0 unspecified atom stereocenters. The third kappa shape index (κ3) is 32.5. The maximum absolute atomic E-state index is 11.5. The predicted molar refractivity (Wildman–Crippen MR) is 299 cm³/mol. The Labute approximate surface area is 502 Å². The van der Waals surface area contributed by atoms with Crippen LogP contribution in [0.15, 0.2) is 0 Å². The summed E-state index contributed by atoms with van der Waals surface area (Å²) in [7, 11) is 0. The first-order valence-corrected chi connectivity index (χ1v) is 28.5. The van der Waals surface area contributed by atoms with Crippen molar-refractivity contribution in [1.29, 1.82) is 0 Å². The van der Waals surface area contributed by atoms with Gasteiger partial charge in [-0.2, -0.15) is 0 Å². The summed E-state index contributed by atoms with van der Waals surface area (Å²) < 4.78 is 0. The number of carboxylic acids is 6. The van der Waals surface area contributed by atoms with Crippen LogP contribution in [0.25, 0.3) is 0 Å². The molecule has 18 nitrogen and oxygen atoms in total. The summed E-state index contributed by atoms with van der Waals surface area (Å²) in [5.74, 6) is -8.81. The summed E-state index contributed by atoms with van der Waals surface area (Å²) in [5.41, 5.74) is -2.67. The van der Waals surface area contributed by atoms with Gasteiger partial charge >= 0.3 is 34.7 Å². The van der Waals surface area contributed by atoms with Gasteiger partial charge in [-0.05, 0) is 116 Å². The quantitative estimate of drug-likeness (QED) is 0.0605. The maximum atomic E-state index is 11.5. The molecule has 0 aromatic rings. The Morgan fingerprint density at radius 2 is 0.250 bits per heavy atom. The van der Waals surface area contributed by atoms with Crippen molar-refractivity contribution < 1.29 is 88.2 Å². The van der Waals surface area contributed by atoms with Crippen molar-refractivity contribution in [3.8, 4) is 0 Å². The number of aliphatic carboxylic acids is 6. The van der Waals surface area contributed by atoms with Gasteiger partial charge in [0.1, 0.15) is 34.7 Å². The Hall–Kier alpha value is -4.10. The zero-order valence-corrected chi connectivity index (χ0v) is 54.8. The summed E-state index contributed by atoms with van der Waals surface area (Å²) in [6.07, 6.45) is 9.92. The van der Waals surface area contributed by atoms with Crippen LogP contribution in [0.5, 0.6) is 0 Å². The van der Waals surface area contributed by atoms with Crippen molar-refractivity contribution in [1.82, 2.24) is 0 Å². The van der Waals surface area contributed by atoms with Gasteiger partial charge in [-0.15, -0.1) is 0 Å². The standard InChI is InChI=1S/6C10H18O3.2Al/c6*1-4-10(5-2,6-3)8(11)7-9(12)13;;/h6*4-7H2,1-3H3,(H,12,13);;/q;;;;;;2*+3/p-6. The van der Waals surface area contributed by atoms with Gasteiger partial charge in [-0.1, -0.05) is 125 Å². The molecule has 0 heterocycles. The van der Waals surface area contributed by atoms with E-state index in [9.17, 15) is 88.2 Å². The van der Waals surface area contributed by atoms with Crippen LogP contribution < -0.4 is 30.6 Å². The van der Waals surface area contributed by atoms with E-state index in [2.05, 4.69) is 0 Å². The van der Waals surface area contributed by atoms with Gasteiger partial charge in [0.25, 0.3) is 0 Å². The fourth-order valence-corrected chi connectivity index (χ4v) is 9.96. The fraction of sp³-hybridized carbons (Fsp3) is 0.800. The van der Waals surface area contributed by atoms with Crippen LogP contribution in [0.2, 0.25) is 0 Å². The number of carbonyl (C=O) groups is 12. The zero-order valence-electron chi connectivity index (χ0n) is 52.5. The van der Waals surface area contributed by atoms with Gasteiger partial charge in [-0.25, -0.2) is 0 Å². The molecule has 0 aliphatic heterocycles. The van der Waals surface area contributed by atoms with Crippen molar-refractivity contribution >= 4 is 105 Å². The molecule has 0 aliphatic carbocycles. The third-order valence-electron chi connectivity index (χ3n) is 17.6. The van der Waals surface area contributed by atoms with Crippen molar-refractivity contribution in [2.45, 2.75) is 279 Å². The first kappa shape index (κ1) is 92.4. The van der Waals surface area contributed by atoms with Crippen molar-refractivity contribution in [2.75, 3.05) is 0 Å². The van der Waals surface area contributed by atoms with Crippen LogP contribution in [0.1, 0.15) is 279 Å². The molecule has 0 bridgehead atoms. The molecule has 0 saturated heterocycles. The molecule has 0 N–H and O–H groups in total. The molecule has 0 aliphatic rings. The Morgan fingerprint density at radius 3 is 0.287 bits per heavy atom. The summed E-state index contributed by atoms with van der Waals surface area (Å²) in [5, 5.41) is 61.6. The van der Waals surface area contributed by atoms with Gasteiger partial charge in [0.2, 0.25) is 0 Å². The summed E-state index contributed by atoms with van der Waals surface area (Å²) in [6, 6.07) is 0. The molecule has 0 rings (SSSR count). The Balaban J connectivity index is -0.000000129. The van der Waals surface area contributed by atoms with Gasteiger partial charge in [0, 0.05) is 107 Å². The number of hydrogen-bond acceptors (Lipinski definition) is 18. The molecule has 0 aromatic heterocycles. The van der Waals surface area contributed by atoms with Gasteiger partial charge in [-0.3, -0.25) is 28.8 Å². The van der Waals surface area contributed by atoms with Crippen molar-refractivity contribution in [3.63, 3.8) is 0 Å². The van der Waals surface area contributed by atoms with Crippen LogP contribution in [-0.2, 0) is 57.5 Å². The molecule has 20 heteroatoms. The SMILES string of the molecule is CCC(CC)(CC)C(=O)CC(=O)[O-].CCC(CC)(CC)C(=O)CC(=O)[O-].CCC(CC)(CC)C(=O)CC(=O)[O-].CCC(CC)(CC)C(=O)CC(=O)[O-].CCC(CC)(CC)C(=O)CC(=O)[O-].CCC(CC)(CC)C(=O)CC(=O)[O-].[Al+3].[Al+3]. The van der Waals surface area contributed by atoms with Crippen molar-refractivity contribution in [2.24, 2.45) is 32.5 Å². The maximum Gasteiger partial charge on any atom is 3.00 e. The van der Waals surface area contributed by atoms with E-state index in [0.29, 0.717) is 116 Å². The van der Waals surface area contributed by atoms with Crippen LogP contribution in [0.4, 0.5) is 0 Å². The monoisotopic (exact) mass is 1160 g/mol. The number of carboxylic acid groups (broad SMARTS) is 6. The number of Topliss-reactive ketones (excluding diaryl/α,β-unsaturated/α-hetero) is 6.